The maximum absolute atomic E-state index is 12.6. The van der Waals surface area contributed by atoms with Gasteiger partial charge in [-0.15, -0.1) is 0 Å². The van der Waals surface area contributed by atoms with Gasteiger partial charge in [-0.3, -0.25) is 0 Å². The minimum Gasteiger partial charge on any atom is -0.444 e. The van der Waals surface area contributed by atoms with E-state index in [0.29, 0.717) is 12.0 Å². The monoisotopic (exact) mass is 298 g/mol. The van der Waals surface area contributed by atoms with E-state index in [4.69, 9.17) is 4.74 Å². The van der Waals surface area contributed by atoms with E-state index in [9.17, 15) is 4.79 Å². The summed E-state index contributed by atoms with van der Waals surface area (Å²) in [5.41, 5.74) is -0.423. The molecule has 0 aromatic heterocycles. The number of amides is 1. The van der Waals surface area contributed by atoms with Crippen molar-refractivity contribution in [2.75, 3.05) is 19.6 Å². The van der Waals surface area contributed by atoms with Crippen molar-refractivity contribution in [2.45, 2.75) is 78.4 Å². The molecule has 0 aromatic rings. The molecule has 1 heterocycles. The Morgan fingerprint density at radius 2 is 1.86 bits per heavy atom. The lowest BCUT2D eigenvalue weighted by molar-refractivity contribution is 0.00575. The van der Waals surface area contributed by atoms with Crippen LogP contribution in [0.15, 0.2) is 0 Å². The van der Waals surface area contributed by atoms with Crippen molar-refractivity contribution in [3.63, 3.8) is 0 Å². The fourth-order valence-corrected chi connectivity index (χ4v) is 3.12. The van der Waals surface area contributed by atoms with Gasteiger partial charge < -0.3 is 15.0 Å². The Morgan fingerprint density at radius 1 is 1.24 bits per heavy atom. The zero-order valence-electron chi connectivity index (χ0n) is 14.6. The molecule has 1 aliphatic rings. The molecule has 21 heavy (non-hydrogen) atoms. The van der Waals surface area contributed by atoms with Crippen molar-refractivity contribution >= 4 is 6.09 Å². The summed E-state index contributed by atoms with van der Waals surface area (Å²) in [5.74, 6) is 0.602. The van der Waals surface area contributed by atoms with E-state index in [1.54, 1.807) is 0 Å². The van der Waals surface area contributed by atoms with Gasteiger partial charge in [0.25, 0.3) is 0 Å². The molecule has 0 aromatic carbocycles. The lowest BCUT2D eigenvalue weighted by atomic mass is 9.86. The maximum Gasteiger partial charge on any atom is 0.410 e. The van der Waals surface area contributed by atoms with E-state index >= 15 is 0 Å². The van der Waals surface area contributed by atoms with Crippen LogP contribution in [0.5, 0.6) is 0 Å². The fourth-order valence-electron chi connectivity index (χ4n) is 3.12. The van der Waals surface area contributed by atoms with E-state index in [-0.39, 0.29) is 6.09 Å². The Labute approximate surface area is 130 Å². The van der Waals surface area contributed by atoms with Crippen LogP contribution in [0.2, 0.25) is 0 Å². The number of ether oxygens (including phenoxy) is 1. The first kappa shape index (κ1) is 18.3. The lowest BCUT2D eigenvalue weighted by Gasteiger charge is -2.39. The summed E-state index contributed by atoms with van der Waals surface area (Å²) in [6.07, 6.45) is 5.34. The van der Waals surface area contributed by atoms with Gasteiger partial charge in [0.15, 0.2) is 0 Å². The molecule has 124 valence electrons. The fraction of sp³-hybridized carbons (Fsp3) is 0.941. The predicted molar refractivity (Wildman–Crippen MR) is 87.5 cm³/mol. The first-order valence-electron chi connectivity index (χ1n) is 8.59. The van der Waals surface area contributed by atoms with E-state index in [1.807, 2.05) is 25.7 Å². The number of carbonyl (C=O) groups excluding carboxylic acids is 1. The largest absolute Gasteiger partial charge is 0.444 e. The highest BCUT2D eigenvalue weighted by atomic mass is 16.6. The van der Waals surface area contributed by atoms with Crippen LogP contribution in [0, 0.1) is 5.92 Å². The van der Waals surface area contributed by atoms with Crippen LogP contribution < -0.4 is 5.32 Å². The van der Waals surface area contributed by atoms with Crippen LogP contribution >= 0.6 is 0 Å². The molecule has 4 heteroatoms. The summed E-state index contributed by atoms with van der Waals surface area (Å²) in [7, 11) is 0. The smallest absolute Gasteiger partial charge is 0.410 e. The molecule has 1 saturated heterocycles. The molecule has 1 atom stereocenters. The van der Waals surface area contributed by atoms with E-state index in [2.05, 4.69) is 19.2 Å². The second-order valence-corrected chi connectivity index (χ2v) is 7.12. The van der Waals surface area contributed by atoms with Crippen LogP contribution in [0.25, 0.3) is 0 Å². The second-order valence-electron chi connectivity index (χ2n) is 7.12. The van der Waals surface area contributed by atoms with Crippen molar-refractivity contribution < 1.29 is 9.53 Å². The first-order chi connectivity index (χ1) is 9.89. The molecule has 0 saturated carbocycles. The van der Waals surface area contributed by atoms with Gasteiger partial charge in [-0.2, -0.15) is 0 Å². The van der Waals surface area contributed by atoms with Crippen molar-refractivity contribution in [3.05, 3.63) is 0 Å². The van der Waals surface area contributed by atoms with Crippen molar-refractivity contribution in [1.29, 1.82) is 0 Å². The molecule has 0 radical (unpaired) electrons. The third kappa shape index (κ3) is 6.25. The molecular weight excluding hydrogens is 264 g/mol. The Hall–Kier alpha value is -0.770. The first-order valence-corrected chi connectivity index (χ1v) is 8.59. The van der Waals surface area contributed by atoms with Gasteiger partial charge in [-0.25, -0.2) is 4.79 Å². The van der Waals surface area contributed by atoms with Gasteiger partial charge >= 0.3 is 6.09 Å². The van der Waals surface area contributed by atoms with Crippen molar-refractivity contribution in [2.24, 2.45) is 5.92 Å². The Bertz CT molecular complexity index is 306. The average molecular weight is 298 g/mol. The van der Waals surface area contributed by atoms with Gasteiger partial charge in [0.1, 0.15) is 5.60 Å². The average Bonchev–Trinajstić information content (AvgIpc) is 2.41. The molecule has 4 nitrogen and oxygen atoms in total. The minimum atomic E-state index is -0.423. The van der Waals surface area contributed by atoms with Gasteiger partial charge in [0, 0.05) is 12.6 Å². The molecular formula is C17H34N2O2. The standard InChI is InChI=1S/C17H34N2O2/c1-6-8-15(14-9-11-18-12-10-14)19(13-7-2)16(20)21-17(3,4)5/h14-15,18H,6-13H2,1-5H3. The molecule has 1 rings (SSSR count). The van der Waals surface area contributed by atoms with Crippen LogP contribution in [0.3, 0.4) is 0 Å². The van der Waals surface area contributed by atoms with E-state index < -0.39 is 5.60 Å². The summed E-state index contributed by atoms with van der Waals surface area (Å²) in [6, 6.07) is 0.326. The molecule has 1 aliphatic heterocycles. The molecule has 1 amide bonds. The molecule has 0 spiro atoms. The number of rotatable bonds is 6. The number of nitrogens with one attached hydrogen (secondary N) is 1. The van der Waals surface area contributed by atoms with E-state index in [1.165, 1.54) is 0 Å². The summed E-state index contributed by atoms with van der Waals surface area (Å²) >= 11 is 0. The number of piperidine rings is 1. The SMILES string of the molecule is CCCC(C1CCNCC1)N(CCC)C(=O)OC(C)(C)C. The molecule has 1 fully saturated rings. The lowest BCUT2D eigenvalue weighted by Crippen LogP contribution is -2.49. The van der Waals surface area contributed by atoms with Crippen LogP contribution in [0.1, 0.15) is 66.7 Å². The van der Waals surface area contributed by atoms with Gasteiger partial charge in [-0.05, 0) is 65.5 Å². The molecule has 0 aliphatic carbocycles. The Balaban J connectivity index is 2.82. The highest BCUT2D eigenvalue weighted by Crippen LogP contribution is 2.26. The number of carbonyl (C=O) groups is 1. The Morgan fingerprint density at radius 3 is 2.33 bits per heavy atom. The third-order valence-electron chi connectivity index (χ3n) is 4.01. The zero-order chi connectivity index (χ0) is 15.9. The minimum absolute atomic E-state index is 0.138. The predicted octanol–water partition coefficient (Wildman–Crippen LogP) is 3.80. The normalized spacial score (nSPS) is 18.3. The molecule has 0 bridgehead atoms. The van der Waals surface area contributed by atoms with Gasteiger partial charge in [0.05, 0.1) is 0 Å². The third-order valence-corrected chi connectivity index (χ3v) is 4.01. The quantitative estimate of drug-likeness (QED) is 0.811. The van der Waals surface area contributed by atoms with Gasteiger partial charge in [0.2, 0.25) is 0 Å². The molecule has 1 N–H and O–H groups in total. The molecule has 1 unspecified atom stereocenters. The Kier molecular flexibility index (Phi) is 7.50. The number of hydrogen-bond acceptors (Lipinski definition) is 3. The highest BCUT2D eigenvalue weighted by molar-refractivity contribution is 5.68. The number of nitrogens with zero attached hydrogens (tertiary/aromatic N) is 1. The van der Waals surface area contributed by atoms with Crippen LogP contribution in [0.4, 0.5) is 4.79 Å². The second kappa shape index (κ2) is 8.62. The van der Waals surface area contributed by atoms with Crippen LogP contribution in [-0.2, 0) is 4.74 Å². The van der Waals surface area contributed by atoms with Crippen LogP contribution in [-0.4, -0.2) is 42.3 Å². The summed E-state index contributed by atoms with van der Waals surface area (Å²) in [4.78, 5) is 14.6. The van der Waals surface area contributed by atoms with Crippen molar-refractivity contribution in [3.8, 4) is 0 Å². The van der Waals surface area contributed by atoms with Crippen molar-refractivity contribution in [1.82, 2.24) is 10.2 Å². The van der Waals surface area contributed by atoms with E-state index in [0.717, 1.165) is 51.7 Å². The topological polar surface area (TPSA) is 41.6 Å². The summed E-state index contributed by atoms with van der Waals surface area (Å²) < 4.78 is 5.64. The summed E-state index contributed by atoms with van der Waals surface area (Å²) in [5, 5.41) is 3.42. The zero-order valence-corrected chi connectivity index (χ0v) is 14.6. The highest BCUT2D eigenvalue weighted by Gasteiger charge is 2.33. The van der Waals surface area contributed by atoms with Gasteiger partial charge in [-0.1, -0.05) is 20.3 Å². The summed E-state index contributed by atoms with van der Waals surface area (Å²) in [6.45, 7) is 13.1. The maximum atomic E-state index is 12.6. The number of hydrogen-bond donors (Lipinski definition) is 1.